The number of rotatable bonds is 8. The number of anilines is 1. The van der Waals surface area contributed by atoms with Crippen molar-refractivity contribution in [3.63, 3.8) is 0 Å². The van der Waals surface area contributed by atoms with Crippen LogP contribution >= 0.6 is 0 Å². The van der Waals surface area contributed by atoms with E-state index in [1.54, 1.807) is 7.11 Å². The van der Waals surface area contributed by atoms with Crippen LogP contribution in [0.25, 0.3) is 0 Å². The van der Waals surface area contributed by atoms with Crippen LogP contribution in [0.1, 0.15) is 12.0 Å². The predicted octanol–water partition coefficient (Wildman–Crippen LogP) is 2.01. The lowest BCUT2D eigenvalue weighted by Crippen LogP contribution is -2.06. The second kappa shape index (κ2) is 7.92. The maximum Gasteiger partial charge on any atom is 0.119 e. The van der Waals surface area contributed by atoms with Crippen molar-refractivity contribution in [3.8, 4) is 5.75 Å². The van der Waals surface area contributed by atoms with Gasteiger partial charge in [-0.25, -0.2) is 0 Å². The van der Waals surface area contributed by atoms with Crippen LogP contribution in [-0.4, -0.2) is 33.5 Å². The summed E-state index contributed by atoms with van der Waals surface area (Å²) in [5, 5.41) is 0. The third-order valence-corrected chi connectivity index (χ3v) is 2.37. The van der Waals surface area contributed by atoms with E-state index in [0.717, 1.165) is 23.4 Å². The van der Waals surface area contributed by atoms with Crippen molar-refractivity contribution < 1.29 is 14.2 Å². The SMILES string of the molecule is COCCOCCCOc1ccc(N)c(C)c1. The highest BCUT2D eigenvalue weighted by atomic mass is 16.5. The summed E-state index contributed by atoms with van der Waals surface area (Å²) in [7, 11) is 1.66. The summed E-state index contributed by atoms with van der Waals surface area (Å²) < 4.78 is 15.8. The van der Waals surface area contributed by atoms with E-state index in [2.05, 4.69) is 0 Å². The van der Waals surface area contributed by atoms with E-state index in [9.17, 15) is 0 Å². The van der Waals surface area contributed by atoms with Crippen molar-refractivity contribution in [2.45, 2.75) is 13.3 Å². The smallest absolute Gasteiger partial charge is 0.119 e. The molecule has 1 rings (SSSR count). The van der Waals surface area contributed by atoms with E-state index in [1.165, 1.54) is 0 Å². The van der Waals surface area contributed by atoms with Crippen LogP contribution in [0.3, 0.4) is 0 Å². The maximum absolute atomic E-state index is 5.72. The standard InChI is InChI=1S/C13H21NO3/c1-11-10-12(4-5-13(11)14)17-7-3-6-16-9-8-15-2/h4-5,10H,3,6-9,14H2,1-2H3. The van der Waals surface area contributed by atoms with E-state index < -0.39 is 0 Å². The van der Waals surface area contributed by atoms with E-state index in [-0.39, 0.29) is 0 Å². The van der Waals surface area contributed by atoms with Crippen LogP contribution in [0.15, 0.2) is 18.2 Å². The Hall–Kier alpha value is -1.26. The topological polar surface area (TPSA) is 53.7 Å². The van der Waals surface area contributed by atoms with Gasteiger partial charge in [-0.3, -0.25) is 0 Å². The molecule has 1 aromatic rings. The Bertz CT molecular complexity index is 328. The van der Waals surface area contributed by atoms with Gasteiger partial charge < -0.3 is 19.9 Å². The van der Waals surface area contributed by atoms with Crippen molar-refractivity contribution in [2.24, 2.45) is 0 Å². The first-order valence-corrected chi connectivity index (χ1v) is 5.79. The van der Waals surface area contributed by atoms with Gasteiger partial charge in [0.25, 0.3) is 0 Å². The van der Waals surface area contributed by atoms with E-state index >= 15 is 0 Å². The molecule has 2 N–H and O–H groups in total. The molecule has 1 aromatic carbocycles. The van der Waals surface area contributed by atoms with E-state index in [1.807, 2.05) is 25.1 Å². The summed E-state index contributed by atoms with van der Waals surface area (Å²) in [5.74, 6) is 0.855. The molecule has 4 nitrogen and oxygen atoms in total. The Balaban J connectivity index is 2.11. The maximum atomic E-state index is 5.72. The molecule has 0 radical (unpaired) electrons. The summed E-state index contributed by atoms with van der Waals surface area (Å²) >= 11 is 0. The summed E-state index contributed by atoms with van der Waals surface area (Å²) in [6.45, 7) is 4.58. The summed E-state index contributed by atoms with van der Waals surface area (Å²) in [5.41, 5.74) is 7.56. The minimum absolute atomic E-state index is 0.636. The lowest BCUT2D eigenvalue weighted by Gasteiger charge is -2.08. The van der Waals surface area contributed by atoms with Crippen LogP contribution in [0.4, 0.5) is 5.69 Å². The van der Waals surface area contributed by atoms with Gasteiger partial charge in [0.2, 0.25) is 0 Å². The molecule has 0 saturated heterocycles. The van der Waals surface area contributed by atoms with Crippen LogP contribution < -0.4 is 10.5 Å². The van der Waals surface area contributed by atoms with Gasteiger partial charge in [0.05, 0.1) is 19.8 Å². The zero-order chi connectivity index (χ0) is 12.5. The molecule has 0 aliphatic carbocycles. The van der Waals surface area contributed by atoms with Gasteiger partial charge in [-0.05, 0) is 30.7 Å². The number of nitrogens with two attached hydrogens (primary N) is 1. The first-order valence-electron chi connectivity index (χ1n) is 5.79. The molecule has 4 heteroatoms. The van der Waals surface area contributed by atoms with Crippen molar-refractivity contribution in [1.29, 1.82) is 0 Å². The van der Waals surface area contributed by atoms with Crippen LogP contribution in [-0.2, 0) is 9.47 Å². The molecular weight excluding hydrogens is 218 g/mol. The molecule has 0 saturated carbocycles. The van der Waals surface area contributed by atoms with Crippen molar-refractivity contribution in [3.05, 3.63) is 23.8 Å². The first-order chi connectivity index (χ1) is 8.24. The third kappa shape index (κ3) is 5.56. The number of hydrogen-bond acceptors (Lipinski definition) is 4. The second-order valence-corrected chi connectivity index (χ2v) is 3.83. The zero-order valence-electron chi connectivity index (χ0n) is 10.6. The monoisotopic (exact) mass is 239 g/mol. The number of aryl methyl sites for hydroxylation is 1. The molecule has 0 bridgehead atoms. The fourth-order valence-corrected chi connectivity index (χ4v) is 1.33. The van der Waals surface area contributed by atoms with Gasteiger partial charge >= 0.3 is 0 Å². The lowest BCUT2D eigenvalue weighted by atomic mass is 10.2. The second-order valence-electron chi connectivity index (χ2n) is 3.83. The predicted molar refractivity (Wildman–Crippen MR) is 68.4 cm³/mol. The minimum Gasteiger partial charge on any atom is -0.493 e. The number of hydrogen-bond donors (Lipinski definition) is 1. The molecular formula is C13H21NO3. The molecule has 0 aromatic heterocycles. The molecule has 0 heterocycles. The van der Waals surface area contributed by atoms with E-state index in [4.69, 9.17) is 19.9 Å². The molecule has 17 heavy (non-hydrogen) atoms. The quantitative estimate of drug-likeness (QED) is 0.557. The summed E-state index contributed by atoms with van der Waals surface area (Å²) in [4.78, 5) is 0. The summed E-state index contributed by atoms with van der Waals surface area (Å²) in [6.07, 6.45) is 0.868. The molecule has 0 aliphatic heterocycles. The van der Waals surface area contributed by atoms with Crippen molar-refractivity contribution >= 4 is 5.69 Å². The van der Waals surface area contributed by atoms with Crippen molar-refractivity contribution in [1.82, 2.24) is 0 Å². The Morgan fingerprint density at radius 3 is 2.65 bits per heavy atom. The number of methoxy groups -OCH3 is 1. The van der Waals surface area contributed by atoms with Crippen molar-refractivity contribution in [2.75, 3.05) is 39.3 Å². The molecule has 0 unspecified atom stereocenters. The Morgan fingerprint density at radius 2 is 1.94 bits per heavy atom. The summed E-state index contributed by atoms with van der Waals surface area (Å²) in [6, 6.07) is 5.69. The first kappa shape index (κ1) is 13.8. The average Bonchev–Trinajstić information content (AvgIpc) is 2.32. The van der Waals surface area contributed by atoms with Gasteiger partial charge in [0.15, 0.2) is 0 Å². The number of nitrogen functional groups attached to an aromatic ring is 1. The number of benzene rings is 1. The zero-order valence-corrected chi connectivity index (χ0v) is 10.6. The Kier molecular flexibility index (Phi) is 6.43. The molecule has 0 spiro atoms. The minimum atomic E-state index is 0.636. The fourth-order valence-electron chi connectivity index (χ4n) is 1.33. The Morgan fingerprint density at radius 1 is 1.12 bits per heavy atom. The molecule has 96 valence electrons. The lowest BCUT2D eigenvalue weighted by molar-refractivity contribution is 0.0644. The van der Waals surface area contributed by atoms with Gasteiger partial charge in [-0.15, -0.1) is 0 Å². The highest BCUT2D eigenvalue weighted by molar-refractivity contribution is 5.49. The van der Waals surface area contributed by atoms with Gasteiger partial charge in [0, 0.05) is 25.8 Å². The molecule has 0 fully saturated rings. The molecule has 0 aliphatic rings. The molecule has 0 amide bonds. The number of ether oxygens (including phenoxy) is 3. The van der Waals surface area contributed by atoms with Crippen LogP contribution in [0, 0.1) is 6.92 Å². The normalized spacial score (nSPS) is 10.5. The average molecular weight is 239 g/mol. The van der Waals surface area contributed by atoms with Crippen LogP contribution in [0.5, 0.6) is 5.75 Å². The highest BCUT2D eigenvalue weighted by Gasteiger charge is 1.97. The van der Waals surface area contributed by atoms with Gasteiger partial charge in [-0.2, -0.15) is 0 Å². The third-order valence-electron chi connectivity index (χ3n) is 2.37. The highest BCUT2D eigenvalue weighted by Crippen LogP contribution is 2.18. The van der Waals surface area contributed by atoms with Gasteiger partial charge in [0.1, 0.15) is 5.75 Å². The fraction of sp³-hybridized carbons (Fsp3) is 0.538. The van der Waals surface area contributed by atoms with Crippen LogP contribution in [0.2, 0.25) is 0 Å². The van der Waals surface area contributed by atoms with E-state index in [0.29, 0.717) is 26.4 Å². The van der Waals surface area contributed by atoms with Gasteiger partial charge in [-0.1, -0.05) is 0 Å². The Labute approximate surface area is 103 Å². The largest absolute Gasteiger partial charge is 0.493 e. The molecule has 0 atom stereocenters.